The lowest BCUT2D eigenvalue weighted by Crippen LogP contribution is -2.47. The van der Waals surface area contributed by atoms with Crippen molar-refractivity contribution in [2.75, 3.05) is 33.4 Å². The number of amides is 1. The van der Waals surface area contributed by atoms with Crippen LogP contribution in [0.3, 0.4) is 0 Å². The van der Waals surface area contributed by atoms with E-state index in [4.69, 9.17) is 4.74 Å². The molecule has 6 heteroatoms. The molecular formula is C18H29ClN2O2S. The van der Waals surface area contributed by atoms with E-state index >= 15 is 0 Å². The van der Waals surface area contributed by atoms with E-state index < -0.39 is 0 Å². The van der Waals surface area contributed by atoms with Crippen LogP contribution in [0.4, 0.5) is 0 Å². The first-order valence-electron chi connectivity index (χ1n) is 8.82. The van der Waals surface area contributed by atoms with E-state index in [1.54, 1.807) is 18.4 Å². The number of nitrogens with one attached hydrogen (secondary N) is 2. The van der Waals surface area contributed by atoms with Crippen molar-refractivity contribution in [3.63, 3.8) is 0 Å². The maximum Gasteiger partial charge on any atom is 0.261 e. The van der Waals surface area contributed by atoms with Gasteiger partial charge in [0.05, 0.1) is 11.5 Å². The standard InChI is InChI=1S/C18H28N2O2S.ClH/c1-22-13-18(7-9-19-10-8-18)12-20-17(21)16-11-14-5-3-2-4-6-15(14)23-16;/h11,19H,2-10,12-13H2,1H3,(H,20,21);1H. The molecule has 0 atom stereocenters. The van der Waals surface area contributed by atoms with Gasteiger partial charge in [0.2, 0.25) is 0 Å². The van der Waals surface area contributed by atoms with Gasteiger partial charge >= 0.3 is 0 Å². The molecule has 1 aliphatic carbocycles. The first-order chi connectivity index (χ1) is 11.2. The Hall–Kier alpha value is -0.620. The largest absolute Gasteiger partial charge is 0.384 e. The van der Waals surface area contributed by atoms with E-state index in [2.05, 4.69) is 16.7 Å². The third-order valence-corrected chi connectivity index (χ3v) is 6.44. The SMILES string of the molecule is COCC1(CNC(=O)c2cc3c(s2)CCCCC3)CCNCC1.Cl. The maximum atomic E-state index is 12.6. The predicted molar refractivity (Wildman–Crippen MR) is 102 cm³/mol. The van der Waals surface area contributed by atoms with E-state index in [0.29, 0.717) is 6.54 Å². The topological polar surface area (TPSA) is 50.4 Å². The van der Waals surface area contributed by atoms with Crippen LogP contribution in [0.15, 0.2) is 6.07 Å². The molecule has 0 radical (unpaired) electrons. The number of rotatable bonds is 5. The molecular weight excluding hydrogens is 344 g/mol. The van der Waals surface area contributed by atoms with Crippen LogP contribution in [-0.2, 0) is 17.6 Å². The third-order valence-electron chi connectivity index (χ3n) is 5.21. The number of hydrogen-bond donors (Lipinski definition) is 2. The summed E-state index contributed by atoms with van der Waals surface area (Å²) in [6.07, 6.45) is 8.23. The Labute approximate surface area is 155 Å². The zero-order valence-corrected chi connectivity index (χ0v) is 16.1. The highest BCUT2D eigenvalue weighted by Crippen LogP contribution is 2.30. The summed E-state index contributed by atoms with van der Waals surface area (Å²) in [7, 11) is 1.75. The highest BCUT2D eigenvalue weighted by molar-refractivity contribution is 7.14. The molecule has 1 aromatic heterocycles. The van der Waals surface area contributed by atoms with Gasteiger partial charge in [0, 0.05) is 23.9 Å². The number of hydrogen-bond acceptors (Lipinski definition) is 4. The lowest BCUT2D eigenvalue weighted by molar-refractivity contribution is 0.0512. The fourth-order valence-corrected chi connectivity index (χ4v) is 4.94. The van der Waals surface area contributed by atoms with E-state index in [9.17, 15) is 4.79 Å². The fraction of sp³-hybridized carbons (Fsp3) is 0.722. The molecule has 0 bridgehead atoms. The molecule has 2 aliphatic rings. The molecule has 1 aromatic rings. The molecule has 24 heavy (non-hydrogen) atoms. The van der Waals surface area contributed by atoms with Gasteiger partial charge in [0.25, 0.3) is 5.91 Å². The Morgan fingerprint density at radius 1 is 1.29 bits per heavy atom. The Balaban J connectivity index is 0.00000208. The Morgan fingerprint density at radius 3 is 2.79 bits per heavy atom. The van der Waals surface area contributed by atoms with Gasteiger partial charge in [-0.1, -0.05) is 6.42 Å². The summed E-state index contributed by atoms with van der Waals surface area (Å²) in [6.45, 7) is 3.44. The van der Waals surface area contributed by atoms with Crippen LogP contribution < -0.4 is 10.6 Å². The molecule has 1 amide bonds. The van der Waals surface area contributed by atoms with Crippen LogP contribution in [0, 0.1) is 5.41 Å². The summed E-state index contributed by atoms with van der Waals surface area (Å²) >= 11 is 1.70. The molecule has 136 valence electrons. The van der Waals surface area contributed by atoms with Gasteiger partial charge < -0.3 is 15.4 Å². The van der Waals surface area contributed by atoms with Crippen LogP contribution in [0.1, 0.15) is 52.2 Å². The van der Waals surface area contributed by atoms with Crippen molar-refractivity contribution in [3.05, 3.63) is 21.4 Å². The molecule has 1 aliphatic heterocycles. The second-order valence-corrected chi connectivity index (χ2v) is 8.12. The molecule has 0 saturated carbocycles. The van der Waals surface area contributed by atoms with Crippen molar-refractivity contribution in [3.8, 4) is 0 Å². The minimum absolute atomic E-state index is 0. The van der Waals surface area contributed by atoms with Gasteiger partial charge in [-0.25, -0.2) is 0 Å². The lowest BCUT2D eigenvalue weighted by Gasteiger charge is -2.37. The highest BCUT2D eigenvalue weighted by atomic mass is 35.5. The number of carbonyl (C=O) groups is 1. The van der Waals surface area contributed by atoms with Gasteiger partial charge in [-0.3, -0.25) is 4.79 Å². The Kier molecular flexibility index (Phi) is 7.54. The van der Waals surface area contributed by atoms with Crippen molar-refractivity contribution in [2.24, 2.45) is 5.41 Å². The van der Waals surface area contributed by atoms with Crippen LogP contribution in [-0.4, -0.2) is 39.3 Å². The first kappa shape index (κ1) is 19.7. The highest BCUT2D eigenvalue weighted by Gasteiger charge is 2.32. The van der Waals surface area contributed by atoms with E-state index in [0.717, 1.165) is 50.3 Å². The number of carbonyl (C=O) groups excluding carboxylic acids is 1. The van der Waals surface area contributed by atoms with Crippen LogP contribution in [0.5, 0.6) is 0 Å². The van der Waals surface area contributed by atoms with E-state index in [-0.39, 0.29) is 23.7 Å². The van der Waals surface area contributed by atoms with Crippen molar-refractivity contribution in [1.29, 1.82) is 0 Å². The number of fused-ring (bicyclic) bond motifs is 1. The quantitative estimate of drug-likeness (QED) is 0.780. The summed E-state index contributed by atoms with van der Waals surface area (Å²) in [5.41, 5.74) is 1.50. The first-order valence-corrected chi connectivity index (χ1v) is 9.64. The van der Waals surface area contributed by atoms with Crippen molar-refractivity contribution >= 4 is 29.7 Å². The zero-order chi connectivity index (χ0) is 16.1. The molecule has 3 rings (SSSR count). The Morgan fingerprint density at radius 2 is 2.04 bits per heavy atom. The molecule has 0 unspecified atom stereocenters. The number of ether oxygens (including phenoxy) is 1. The second-order valence-electron chi connectivity index (χ2n) is 6.99. The number of piperidine rings is 1. The van der Waals surface area contributed by atoms with Crippen LogP contribution in [0.25, 0.3) is 0 Å². The number of methoxy groups -OCH3 is 1. The van der Waals surface area contributed by atoms with Gasteiger partial charge in [-0.2, -0.15) is 0 Å². The molecule has 1 fully saturated rings. The van der Waals surface area contributed by atoms with Crippen molar-refractivity contribution < 1.29 is 9.53 Å². The zero-order valence-electron chi connectivity index (χ0n) is 14.5. The molecule has 0 aromatic carbocycles. The summed E-state index contributed by atoms with van der Waals surface area (Å²) < 4.78 is 5.43. The van der Waals surface area contributed by atoms with Crippen LogP contribution >= 0.6 is 23.7 Å². The number of aryl methyl sites for hydroxylation is 2. The normalized spacial score (nSPS) is 19.7. The minimum Gasteiger partial charge on any atom is -0.384 e. The summed E-state index contributed by atoms with van der Waals surface area (Å²) in [5, 5.41) is 6.57. The smallest absolute Gasteiger partial charge is 0.261 e. The molecule has 1 saturated heterocycles. The van der Waals surface area contributed by atoms with Gasteiger partial charge in [-0.05, 0) is 63.2 Å². The van der Waals surface area contributed by atoms with E-state index in [1.807, 2.05) is 0 Å². The van der Waals surface area contributed by atoms with Gasteiger partial charge in [0.15, 0.2) is 0 Å². The summed E-state index contributed by atoms with van der Waals surface area (Å²) in [6, 6.07) is 2.13. The Bertz CT molecular complexity index is 512. The number of thiophene rings is 1. The maximum absolute atomic E-state index is 12.6. The average Bonchev–Trinajstić information content (AvgIpc) is 2.85. The van der Waals surface area contributed by atoms with Gasteiger partial charge in [0.1, 0.15) is 0 Å². The molecule has 2 N–H and O–H groups in total. The van der Waals surface area contributed by atoms with E-state index in [1.165, 1.54) is 29.7 Å². The second kappa shape index (κ2) is 9.18. The lowest BCUT2D eigenvalue weighted by atomic mass is 9.79. The molecule has 4 nitrogen and oxygen atoms in total. The minimum atomic E-state index is 0. The average molecular weight is 373 g/mol. The van der Waals surface area contributed by atoms with Gasteiger partial charge in [-0.15, -0.1) is 23.7 Å². The predicted octanol–water partition coefficient (Wildman–Crippen LogP) is 3.18. The van der Waals surface area contributed by atoms with Crippen molar-refractivity contribution in [2.45, 2.75) is 44.9 Å². The summed E-state index contributed by atoms with van der Waals surface area (Å²) in [5.74, 6) is 0.0945. The summed E-state index contributed by atoms with van der Waals surface area (Å²) in [4.78, 5) is 14.9. The molecule has 2 heterocycles. The van der Waals surface area contributed by atoms with Crippen molar-refractivity contribution in [1.82, 2.24) is 10.6 Å². The number of halogens is 1. The molecule has 0 spiro atoms. The monoisotopic (exact) mass is 372 g/mol. The third kappa shape index (κ3) is 4.72. The fourth-order valence-electron chi connectivity index (χ4n) is 3.77. The van der Waals surface area contributed by atoms with Crippen LogP contribution in [0.2, 0.25) is 0 Å².